The van der Waals surface area contributed by atoms with Gasteiger partial charge in [0.25, 0.3) is 0 Å². The first-order valence-corrected chi connectivity index (χ1v) is 6.88. The summed E-state index contributed by atoms with van der Waals surface area (Å²) in [6.45, 7) is 1.86. The van der Waals surface area contributed by atoms with Crippen molar-refractivity contribution in [3.63, 3.8) is 0 Å². The summed E-state index contributed by atoms with van der Waals surface area (Å²) < 4.78 is 19.8. The number of fused-ring (bicyclic) bond motifs is 1. The van der Waals surface area contributed by atoms with E-state index in [-0.39, 0.29) is 11.4 Å². The number of ether oxygens (including phenoxy) is 1. The maximum atomic E-state index is 13.2. The number of benzene rings is 1. The summed E-state index contributed by atoms with van der Waals surface area (Å²) in [7, 11) is 1.73. The molecule has 0 spiro atoms. The van der Waals surface area contributed by atoms with Crippen molar-refractivity contribution in [1.29, 1.82) is 0 Å². The Labute approximate surface area is 109 Å². The molecule has 18 heavy (non-hydrogen) atoms. The van der Waals surface area contributed by atoms with Crippen LogP contribution in [0.15, 0.2) is 18.2 Å². The van der Waals surface area contributed by atoms with Gasteiger partial charge in [-0.25, -0.2) is 9.37 Å². The molecular weight excluding hydrogens is 251 g/mol. The highest BCUT2D eigenvalue weighted by atomic mass is 32.1. The van der Waals surface area contributed by atoms with Crippen LogP contribution < -0.4 is 5.32 Å². The first kappa shape index (κ1) is 12.0. The fourth-order valence-corrected chi connectivity index (χ4v) is 3.64. The number of hydrogen-bond donors (Lipinski definition) is 1. The fourth-order valence-electron chi connectivity index (χ4n) is 2.43. The number of halogens is 1. The second-order valence-electron chi connectivity index (χ2n) is 4.58. The smallest absolute Gasteiger partial charge is 0.126 e. The molecule has 3 nitrogen and oxygen atoms in total. The third-order valence-corrected chi connectivity index (χ3v) is 4.75. The molecule has 0 unspecified atom stereocenters. The Morgan fingerprint density at radius 2 is 2.17 bits per heavy atom. The van der Waals surface area contributed by atoms with Crippen molar-refractivity contribution >= 4 is 21.6 Å². The van der Waals surface area contributed by atoms with Gasteiger partial charge in [-0.05, 0) is 44.1 Å². The zero-order valence-corrected chi connectivity index (χ0v) is 11.0. The molecule has 0 radical (unpaired) electrons. The molecule has 0 saturated carbocycles. The SMILES string of the molecule is COC1(c2nc3ccc(F)cc3s2)CCNCC1. The minimum Gasteiger partial charge on any atom is -0.371 e. The minimum atomic E-state index is -0.300. The van der Waals surface area contributed by atoms with Gasteiger partial charge >= 0.3 is 0 Å². The lowest BCUT2D eigenvalue weighted by Crippen LogP contribution is -2.41. The van der Waals surface area contributed by atoms with Crippen LogP contribution in [0.25, 0.3) is 10.2 Å². The molecule has 96 valence electrons. The van der Waals surface area contributed by atoms with E-state index in [4.69, 9.17) is 4.74 Å². The van der Waals surface area contributed by atoms with E-state index in [1.165, 1.54) is 17.4 Å². The Morgan fingerprint density at radius 3 is 2.89 bits per heavy atom. The highest BCUT2D eigenvalue weighted by Gasteiger charge is 2.36. The number of rotatable bonds is 2. The van der Waals surface area contributed by atoms with Crippen LogP contribution in [0, 0.1) is 5.82 Å². The van der Waals surface area contributed by atoms with E-state index < -0.39 is 0 Å². The van der Waals surface area contributed by atoms with Gasteiger partial charge in [0.2, 0.25) is 0 Å². The third kappa shape index (κ3) is 1.92. The Balaban J connectivity index is 2.06. The monoisotopic (exact) mass is 266 g/mol. The van der Waals surface area contributed by atoms with Crippen LogP contribution in [0.2, 0.25) is 0 Å². The molecule has 2 aromatic rings. The van der Waals surface area contributed by atoms with E-state index >= 15 is 0 Å². The molecule has 1 fully saturated rings. The van der Waals surface area contributed by atoms with Crippen molar-refractivity contribution in [2.24, 2.45) is 0 Å². The molecule has 1 aliphatic heterocycles. The van der Waals surface area contributed by atoms with Crippen LogP contribution in [0.5, 0.6) is 0 Å². The second kappa shape index (κ2) is 4.57. The number of nitrogens with one attached hydrogen (secondary N) is 1. The zero-order chi connectivity index (χ0) is 12.6. The average molecular weight is 266 g/mol. The number of methoxy groups -OCH3 is 1. The predicted octanol–water partition coefficient (Wildman–Crippen LogP) is 2.66. The average Bonchev–Trinajstić information content (AvgIpc) is 2.83. The minimum absolute atomic E-state index is 0.213. The van der Waals surface area contributed by atoms with Gasteiger partial charge in [-0.1, -0.05) is 0 Å². The van der Waals surface area contributed by atoms with E-state index in [1.54, 1.807) is 19.2 Å². The van der Waals surface area contributed by atoms with Gasteiger partial charge in [-0.2, -0.15) is 0 Å². The van der Waals surface area contributed by atoms with Gasteiger partial charge in [0.1, 0.15) is 16.4 Å². The normalized spacial score (nSPS) is 19.2. The van der Waals surface area contributed by atoms with E-state index in [1.807, 2.05) is 0 Å². The van der Waals surface area contributed by atoms with Crippen molar-refractivity contribution in [3.05, 3.63) is 29.0 Å². The quantitative estimate of drug-likeness (QED) is 0.907. The first-order valence-electron chi connectivity index (χ1n) is 6.06. The van der Waals surface area contributed by atoms with Crippen LogP contribution >= 0.6 is 11.3 Å². The molecule has 0 atom stereocenters. The van der Waals surface area contributed by atoms with E-state index in [0.717, 1.165) is 41.2 Å². The standard InChI is InChI=1S/C13H15FN2OS/c1-17-13(4-6-15-7-5-13)12-16-10-3-2-9(14)8-11(10)18-12/h2-3,8,15H,4-7H2,1H3. The summed E-state index contributed by atoms with van der Waals surface area (Å²) in [5.41, 5.74) is 0.553. The van der Waals surface area contributed by atoms with Crippen molar-refractivity contribution in [2.75, 3.05) is 20.2 Å². The topological polar surface area (TPSA) is 34.1 Å². The molecule has 1 aromatic heterocycles. The maximum absolute atomic E-state index is 13.2. The Morgan fingerprint density at radius 1 is 1.39 bits per heavy atom. The summed E-state index contributed by atoms with van der Waals surface area (Å²) in [4.78, 5) is 4.62. The lowest BCUT2D eigenvalue weighted by molar-refractivity contribution is -0.0391. The van der Waals surface area contributed by atoms with Crippen LogP contribution in [-0.2, 0) is 10.3 Å². The second-order valence-corrected chi connectivity index (χ2v) is 5.61. The van der Waals surface area contributed by atoms with Crippen LogP contribution in [-0.4, -0.2) is 25.2 Å². The number of thiazole rings is 1. The number of piperidine rings is 1. The molecule has 5 heteroatoms. The summed E-state index contributed by atoms with van der Waals surface area (Å²) in [6.07, 6.45) is 1.82. The number of aromatic nitrogens is 1. The summed E-state index contributed by atoms with van der Waals surface area (Å²) in [5, 5.41) is 4.29. The van der Waals surface area contributed by atoms with Crippen LogP contribution in [0.3, 0.4) is 0 Å². The van der Waals surface area contributed by atoms with Gasteiger partial charge in [-0.15, -0.1) is 11.3 Å². The van der Waals surface area contributed by atoms with Gasteiger partial charge in [0, 0.05) is 7.11 Å². The van der Waals surface area contributed by atoms with Gasteiger partial charge in [0.15, 0.2) is 0 Å². The highest BCUT2D eigenvalue weighted by molar-refractivity contribution is 7.18. The highest BCUT2D eigenvalue weighted by Crippen LogP contribution is 2.38. The summed E-state index contributed by atoms with van der Waals surface area (Å²) >= 11 is 1.54. The van der Waals surface area contributed by atoms with Crippen LogP contribution in [0.4, 0.5) is 4.39 Å². The predicted molar refractivity (Wildman–Crippen MR) is 70.4 cm³/mol. The van der Waals surface area contributed by atoms with Crippen molar-refractivity contribution < 1.29 is 9.13 Å². The van der Waals surface area contributed by atoms with Crippen LogP contribution in [0.1, 0.15) is 17.8 Å². The van der Waals surface area contributed by atoms with Gasteiger partial charge in [0.05, 0.1) is 10.2 Å². The lowest BCUT2D eigenvalue weighted by atomic mass is 9.93. The van der Waals surface area contributed by atoms with Crippen molar-refractivity contribution in [1.82, 2.24) is 10.3 Å². The molecule has 1 aliphatic rings. The van der Waals surface area contributed by atoms with Crippen molar-refractivity contribution in [2.45, 2.75) is 18.4 Å². The number of nitrogens with zero attached hydrogens (tertiary/aromatic N) is 1. The molecule has 1 saturated heterocycles. The molecule has 1 N–H and O–H groups in total. The summed E-state index contributed by atoms with van der Waals surface area (Å²) in [5.74, 6) is -0.213. The Kier molecular flexibility index (Phi) is 3.05. The molecule has 0 amide bonds. The largest absolute Gasteiger partial charge is 0.371 e. The molecular formula is C13H15FN2OS. The molecule has 0 bridgehead atoms. The van der Waals surface area contributed by atoms with Gasteiger partial charge in [-0.3, -0.25) is 0 Å². The fraction of sp³-hybridized carbons (Fsp3) is 0.462. The third-order valence-electron chi connectivity index (χ3n) is 3.54. The van der Waals surface area contributed by atoms with Crippen molar-refractivity contribution in [3.8, 4) is 0 Å². The Bertz CT molecular complexity index is 563. The molecule has 3 rings (SSSR count). The maximum Gasteiger partial charge on any atom is 0.126 e. The summed E-state index contributed by atoms with van der Waals surface area (Å²) in [6, 6.07) is 4.73. The van der Waals surface area contributed by atoms with E-state index in [2.05, 4.69) is 10.3 Å². The molecule has 1 aromatic carbocycles. The lowest BCUT2D eigenvalue weighted by Gasteiger charge is -2.34. The van der Waals surface area contributed by atoms with Gasteiger partial charge < -0.3 is 10.1 Å². The number of hydrogen-bond acceptors (Lipinski definition) is 4. The molecule has 0 aliphatic carbocycles. The zero-order valence-electron chi connectivity index (χ0n) is 10.2. The Hall–Kier alpha value is -1.04. The van der Waals surface area contributed by atoms with E-state index in [9.17, 15) is 4.39 Å². The molecule has 2 heterocycles. The first-order chi connectivity index (χ1) is 8.73. The van der Waals surface area contributed by atoms with E-state index in [0.29, 0.717) is 0 Å².